The number of nitrogens with one attached hydrogen (secondary N) is 1. The number of esters is 1. The zero-order valence-corrected chi connectivity index (χ0v) is 14.2. The molecule has 2 rings (SSSR count). The fraction of sp³-hybridized carbons (Fsp3) is 0.0625. The Morgan fingerprint density at radius 3 is 2.44 bits per heavy atom. The van der Waals surface area contributed by atoms with Crippen molar-refractivity contribution in [1.82, 2.24) is 0 Å². The molecule has 2 amide bonds. The van der Waals surface area contributed by atoms with Crippen molar-refractivity contribution in [3.8, 4) is 0 Å². The molecule has 0 aliphatic carbocycles. The first-order chi connectivity index (χ1) is 11.8. The number of amides is 2. The SMILES string of the molecule is NC(=O)c1ccccc1NC(=O)COC(=O)c1cc(Cl)cc(Cl)c1N. The number of anilines is 2. The van der Waals surface area contributed by atoms with Crippen LogP contribution in [-0.4, -0.2) is 24.4 Å². The van der Waals surface area contributed by atoms with Gasteiger partial charge in [-0.25, -0.2) is 4.79 Å². The maximum atomic E-state index is 12.0. The van der Waals surface area contributed by atoms with Crippen LogP contribution in [0, 0.1) is 0 Å². The number of carbonyl (C=O) groups excluding carboxylic acids is 3. The van der Waals surface area contributed by atoms with E-state index < -0.39 is 24.4 Å². The Hall–Kier alpha value is -2.77. The third kappa shape index (κ3) is 4.62. The zero-order valence-electron chi connectivity index (χ0n) is 12.7. The number of halogens is 2. The third-order valence-corrected chi connectivity index (χ3v) is 3.65. The molecular formula is C16H13Cl2N3O4. The van der Waals surface area contributed by atoms with Crippen LogP contribution in [0.3, 0.4) is 0 Å². The van der Waals surface area contributed by atoms with Gasteiger partial charge >= 0.3 is 5.97 Å². The summed E-state index contributed by atoms with van der Waals surface area (Å²) in [7, 11) is 0. The second-order valence-corrected chi connectivity index (χ2v) is 5.73. The normalized spacial score (nSPS) is 10.2. The van der Waals surface area contributed by atoms with Gasteiger partial charge in [-0.2, -0.15) is 0 Å². The zero-order chi connectivity index (χ0) is 18.6. The smallest absolute Gasteiger partial charge is 0.340 e. The summed E-state index contributed by atoms with van der Waals surface area (Å²) in [5.74, 6) is -2.22. The summed E-state index contributed by atoms with van der Waals surface area (Å²) in [5, 5.41) is 2.73. The number of hydrogen-bond donors (Lipinski definition) is 3. The van der Waals surface area contributed by atoms with Crippen molar-refractivity contribution >= 4 is 52.4 Å². The molecule has 9 heteroatoms. The molecular weight excluding hydrogens is 369 g/mol. The van der Waals surface area contributed by atoms with E-state index in [-0.39, 0.29) is 32.5 Å². The average molecular weight is 382 g/mol. The lowest BCUT2D eigenvalue weighted by Crippen LogP contribution is -2.23. The monoisotopic (exact) mass is 381 g/mol. The lowest BCUT2D eigenvalue weighted by atomic mass is 10.1. The molecule has 0 heterocycles. The van der Waals surface area contributed by atoms with Gasteiger partial charge in [-0.3, -0.25) is 9.59 Å². The molecule has 0 aromatic heterocycles. The summed E-state index contributed by atoms with van der Waals surface area (Å²) < 4.78 is 4.89. The standard InChI is InChI=1S/C16H13Cl2N3O4/c17-8-5-10(14(19)11(18)6-8)16(24)25-7-13(22)21-12-4-2-1-3-9(12)15(20)23/h1-6H,7,19H2,(H2,20,23)(H,21,22). The van der Waals surface area contributed by atoms with Crippen molar-refractivity contribution in [3.63, 3.8) is 0 Å². The highest BCUT2D eigenvalue weighted by molar-refractivity contribution is 6.37. The topological polar surface area (TPSA) is 125 Å². The summed E-state index contributed by atoms with van der Waals surface area (Å²) in [5.41, 5.74) is 11.2. The number of hydrogen-bond acceptors (Lipinski definition) is 5. The molecule has 25 heavy (non-hydrogen) atoms. The first kappa shape index (κ1) is 18.6. The molecule has 2 aromatic rings. The Bertz CT molecular complexity index is 855. The van der Waals surface area contributed by atoms with Crippen LogP contribution in [0.4, 0.5) is 11.4 Å². The van der Waals surface area contributed by atoms with Gasteiger partial charge in [0.25, 0.3) is 11.8 Å². The predicted octanol–water partition coefficient (Wildman–Crippen LogP) is 2.47. The molecule has 0 saturated carbocycles. The van der Waals surface area contributed by atoms with Gasteiger partial charge < -0.3 is 21.5 Å². The molecule has 0 fully saturated rings. The van der Waals surface area contributed by atoms with Crippen LogP contribution in [0.1, 0.15) is 20.7 Å². The minimum Gasteiger partial charge on any atom is -0.452 e. The molecule has 0 saturated heterocycles. The fourth-order valence-electron chi connectivity index (χ4n) is 1.96. The van der Waals surface area contributed by atoms with Crippen LogP contribution < -0.4 is 16.8 Å². The molecule has 0 aliphatic heterocycles. The average Bonchev–Trinajstić information content (AvgIpc) is 2.56. The Balaban J connectivity index is 2.04. The highest BCUT2D eigenvalue weighted by Gasteiger charge is 2.17. The van der Waals surface area contributed by atoms with Gasteiger partial charge in [0.15, 0.2) is 6.61 Å². The molecule has 2 aromatic carbocycles. The number of ether oxygens (including phenoxy) is 1. The van der Waals surface area contributed by atoms with E-state index in [0.717, 1.165) is 0 Å². The van der Waals surface area contributed by atoms with E-state index in [4.69, 9.17) is 39.4 Å². The number of para-hydroxylation sites is 1. The Morgan fingerprint density at radius 2 is 1.76 bits per heavy atom. The van der Waals surface area contributed by atoms with Gasteiger partial charge in [-0.15, -0.1) is 0 Å². The predicted molar refractivity (Wildman–Crippen MR) is 94.7 cm³/mol. The van der Waals surface area contributed by atoms with Crippen molar-refractivity contribution in [2.75, 3.05) is 17.7 Å². The summed E-state index contributed by atoms with van der Waals surface area (Å²) >= 11 is 11.7. The van der Waals surface area contributed by atoms with Crippen LogP contribution >= 0.6 is 23.2 Å². The number of nitrogen functional groups attached to an aromatic ring is 1. The largest absolute Gasteiger partial charge is 0.452 e. The first-order valence-electron chi connectivity index (χ1n) is 6.90. The molecule has 7 nitrogen and oxygen atoms in total. The summed E-state index contributed by atoms with van der Waals surface area (Å²) in [6.07, 6.45) is 0. The lowest BCUT2D eigenvalue weighted by Gasteiger charge is -2.10. The minimum atomic E-state index is -0.861. The van der Waals surface area contributed by atoms with Crippen LogP contribution in [0.15, 0.2) is 36.4 Å². The molecule has 5 N–H and O–H groups in total. The molecule has 0 aliphatic rings. The maximum Gasteiger partial charge on any atom is 0.340 e. The second-order valence-electron chi connectivity index (χ2n) is 4.88. The van der Waals surface area contributed by atoms with Crippen molar-refractivity contribution in [2.24, 2.45) is 5.73 Å². The quantitative estimate of drug-likeness (QED) is 0.541. The minimum absolute atomic E-state index is 0.00412. The number of carbonyl (C=O) groups is 3. The first-order valence-corrected chi connectivity index (χ1v) is 7.65. The van der Waals surface area contributed by atoms with E-state index in [1.54, 1.807) is 12.1 Å². The Labute approximate surface area is 152 Å². The van der Waals surface area contributed by atoms with E-state index in [1.165, 1.54) is 24.3 Å². The molecule has 0 radical (unpaired) electrons. The number of rotatable bonds is 5. The highest BCUT2D eigenvalue weighted by Crippen LogP contribution is 2.28. The van der Waals surface area contributed by atoms with Gasteiger partial charge in [-0.1, -0.05) is 35.3 Å². The van der Waals surface area contributed by atoms with E-state index in [2.05, 4.69) is 5.32 Å². The van der Waals surface area contributed by atoms with E-state index >= 15 is 0 Å². The van der Waals surface area contributed by atoms with Crippen LogP contribution in [0.25, 0.3) is 0 Å². The van der Waals surface area contributed by atoms with Gasteiger partial charge in [-0.05, 0) is 24.3 Å². The van der Waals surface area contributed by atoms with Gasteiger partial charge in [0.1, 0.15) is 0 Å². The fourth-order valence-corrected chi connectivity index (χ4v) is 2.45. The summed E-state index contributed by atoms with van der Waals surface area (Å²) in [4.78, 5) is 35.2. The van der Waals surface area contributed by atoms with E-state index in [1.807, 2.05) is 0 Å². The van der Waals surface area contributed by atoms with Crippen molar-refractivity contribution < 1.29 is 19.1 Å². The maximum absolute atomic E-state index is 12.0. The van der Waals surface area contributed by atoms with Gasteiger partial charge in [0.05, 0.1) is 27.5 Å². The molecule has 0 atom stereocenters. The molecule has 0 bridgehead atoms. The number of benzene rings is 2. The third-order valence-electron chi connectivity index (χ3n) is 3.12. The lowest BCUT2D eigenvalue weighted by molar-refractivity contribution is -0.119. The van der Waals surface area contributed by atoms with Crippen molar-refractivity contribution in [3.05, 3.63) is 57.6 Å². The van der Waals surface area contributed by atoms with Crippen LogP contribution in [0.5, 0.6) is 0 Å². The van der Waals surface area contributed by atoms with Gasteiger partial charge in [0, 0.05) is 5.02 Å². The van der Waals surface area contributed by atoms with Crippen molar-refractivity contribution in [1.29, 1.82) is 0 Å². The van der Waals surface area contributed by atoms with E-state index in [9.17, 15) is 14.4 Å². The summed E-state index contributed by atoms with van der Waals surface area (Å²) in [6, 6.07) is 8.82. The van der Waals surface area contributed by atoms with Gasteiger partial charge in [0.2, 0.25) is 0 Å². The molecule has 0 unspecified atom stereocenters. The Kier molecular flexibility index (Phi) is 5.84. The summed E-state index contributed by atoms with van der Waals surface area (Å²) in [6.45, 7) is -0.602. The second kappa shape index (κ2) is 7.87. The van der Waals surface area contributed by atoms with E-state index in [0.29, 0.717) is 0 Å². The van der Waals surface area contributed by atoms with Crippen LogP contribution in [0.2, 0.25) is 10.0 Å². The highest BCUT2D eigenvalue weighted by atomic mass is 35.5. The number of primary amides is 1. The molecule has 0 spiro atoms. The number of nitrogens with two attached hydrogens (primary N) is 2. The molecule has 130 valence electrons. The Morgan fingerprint density at radius 1 is 1.08 bits per heavy atom. The van der Waals surface area contributed by atoms with Crippen molar-refractivity contribution in [2.45, 2.75) is 0 Å². The van der Waals surface area contributed by atoms with Crippen LogP contribution in [-0.2, 0) is 9.53 Å².